The van der Waals surface area contributed by atoms with E-state index in [4.69, 9.17) is 5.73 Å². The second kappa shape index (κ2) is 4.67. The summed E-state index contributed by atoms with van der Waals surface area (Å²) in [7, 11) is 0. The van der Waals surface area contributed by atoms with Gasteiger partial charge in [0.25, 0.3) is 0 Å². The van der Waals surface area contributed by atoms with Crippen molar-refractivity contribution < 1.29 is 17.9 Å². The predicted octanol–water partition coefficient (Wildman–Crippen LogP) is 2.96. The van der Waals surface area contributed by atoms with Crippen LogP contribution in [-0.2, 0) is 6.54 Å². The zero-order chi connectivity index (χ0) is 11.6. The van der Waals surface area contributed by atoms with Crippen LogP contribution in [0.1, 0.15) is 5.69 Å². The van der Waals surface area contributed by atoms with Crippen LogP contribution in [0.5, 0.6) is 5.88 Å². The van der Waals surface area contributed by atoms with Gasteiger partial charge in [-0.05, 0) is 31.9 Å². The van der Waals surface area contributed by atoms with Crippen molar-refractivity contribution in [3.05, 3.63) is 20.7 Å². The lowest BCUT2D eigenvalue weighted by Crippen LogP contribution is -2.18. The van der Waals surface area contributed by atoms with Gasteiger partial charge in [-0.2, -0.15) is 0 Å². The van der Waals surface area contributed by atoms with Gasteiger partial charge in [0.2, 0.25) is 5.88 Å². The van der Waals surface area contributed by atoms with Crippen LogP contribution in [-0.4, -0.2) is 11.3 Å². The molecule has 84 valence electrons. The fourth-order valence-corrected chi connectivity index (χ4v) is 1.62. The Hall–Kier alpha value is -0.340. The van der Waals surface area contributed by atoms with Crippen LogP contribution in [0.15, 0.2) is 15.0 Å². The lowest BCUT2D eigenvalue weighted by Gasteiger charge is -2.10. The fraction of sp³-hybridized carbons (Fsp3) is 0.286. The number of hydrogen-bond acceptors (Lipinski definition) is 3. The summed E-state index contributed by atoms with van der Waals surface area (Å²) >= 11 is 6.18. The van der Waals surface area contributed by atoms with Crippen molar-refractivity contribution in [3.8, 4) is 5.88 Å². The van der Waals surface area contributed by atoms with Crippen molar-refractivity contribution in [1.29, 1.82) is 0 Å². The van der Waals surface area contributed by atoms with Crippen LogP contribution in [0.3, 0.4) is 0 Å². The summed E-state index contributed by atoms with van der Waals surface area (Å²) in [5.74, 6) is -0.543. The quantitative estimate of drug-likeness (QED) is 0.893. The summed E-state index contributed by atoms with van der Waals surface area (Å²) in [6, 6.07) is 1.11. The van der Waals surface area contributed by atoms with Crippen molar-refractivity contribution in [2.24, 2.45) is 5.73 Å². The van der Waals surface area contributed by atoms with E-state index in [0.717, 1.165) is 6.07 Å². The van der Waals surface area contributed by atoms with Crippen molar-refractivity contribution >= 4 is 31.9 Å². The maximum atomic E-state index is 11.9. The third kappa shape index (κ3) is 3.62. The molecule has 1 aromatic rings. The van der Waals surface area contributed by atoms with E-state index in [1.165, 1.54) is 0 Å². The molecule has 0 radical (unpaired) electrons. The second-order valence-electron chi connectivity index (χ2n) is 2.45. The average molecular weight is 350 g/mol. The molecule has 2 N–H and O–H groups in total. The standard InChI is InChI=1S/C7H5Br2F3N2O/c8-3-1-5(15-7(10,11)12)14-4(2-13)6(3)9/h1H,2,13H2. The summed E-state index contributed by atoms with van der Waals surface area (Å²) in [6.07, 6.45) is -4.76. The molecule has 0 saturated heterocycles. The molecule has 0 aliphatic rings. The summed E-state index contributed by atoms with van der Waals surface area (Å²) in [4.78, 5) is 3.59. The molecule has 3 nitrogen and oxygen atoms in total. The zero-order valence-electron chi connectivity index (χ0n) is 7.11. The Balaban J connectivity index is 3.06. The van der Waals surface area contributed by atoms with E-state index in [1.54, 1.807) is 0 Å². The monoisotopic (exact) mass is 348 g/mol. The van der Waals surface area contributed by atoms with Gasteiger partial charge in [0, 0.05) is 17.1 Å². The van der Waals surface area contributed by atoms with E-state index in [9.17, 15) is 13.2 Å². The van der Waals surface area contributed by atoms with E-state index in [0.29, 0.717) is 8.95 Å². The van der Waals surface area contributed by atoms with Crippen molar-refractivity contribution in [2.75, 3.05) is 0 Å². The van der Waals surface area contributed by atoms with Gasteiger partial charge in [-0.3, -0.25) is 0 Å². The summed E-state index contributed by atoms with van der Waals surface area (Å²) in [6.45, 7) is 0.00818. The Kier molecular flexibility index (Phi) is 3.96. The van der Waals surface area contributed by atoms with Gasteiger partial charge in [-0.1, -0.05) is 0 Å². The topological polar surface area (TPSA) is 48.1 Å². The van der Waals surface area contributed by atoms with Crippen LogP contribution in [0.4, 0.5) is 13.2 Å². The highest BCUT2D eigenvalue weighted by molar-refractivity contribution is 9.13. The van der Waals surface area contributed by atoms with Crippen LogP contribution in [0, 0.1) is 0 Å². The first-order chi connectivity index (χ1) is 6.83. The van der Waals surface area contributed by atoms with E-state index >= 15 is 0 Å². The summed E-state index contributed by atoms with van der Waals surface area (Å²) in [5, 5.41) is 0. The first-order valence-corrected chi connectivity index (χ1v) is 5.23. The zero-order valence-corrected chi connectivity index (χ0v) is 10.3. The van der Waals surface area contributed by atoms with E-state index < -0.39 is 12.2 Å². The Labute approximate surface area is 100 Å². The number of hydrogen-bond donors (Lipinski definition) is 1. The van der Waals surface area contributed by atoms with E-state index in [1.807, 2.05) is 0 Å². The molecule has 1 aromatic heterocycles. The van der Waals surface area contributed by atoms with Crippen LogP contribution < -0.4 is 10.5 Å². The molecule has 1 heterocycles. The number of ether oxygens (including phenoxy) is 1. The van der Waals surface area contributed by atoms with Crippen molar-refractivity contribution in [2.45, 2.75) is 12.9 Å². The molecule has 0 spiro atoms. The number of nitrogens with zero attached hydrogens (tertiary/aromatic N) is 1. The highest BCUT2D eigenvalue weighted by Gasteiger charge is 2.32. The minimum absolute atomic E-state index is 0.00818. The molecular weight excluding hydrogens is 345 g/mol. The van der Waals surface area contributed by atoms with Gasteiger partial charge in [-0.25, -0.2) is 4.98 Å². The summed E-state index contributed by atoms with van der Waals surface area (Å²) in [5.41, 5.74) is 5.58. The minimum atomic E-state index is -4.76. The first kappa shape index (κ1) is 12.7. The van der Waals surface area contributed by atoms with Gasteiger partial charge >= 0.3 is 6.36 Å². The first-order valence-electron chi connectivity index (χ1n) is 3.64. The third-order valence-corrected chi connectivity index (χ3v) is 3.41. The Morgan fingerprint density at radius 1 is 1.40 bits per heavy atom. The van der Waals surface area contributed by atoms with Gasteiger partial charge in [0.15, 0.2) is 0 Å². The molecule has 0 aliphatic carbocycles. The molecule has 0 atom stereocenters. The number of rotatable bonds is 2. The minimum Gasteiger partial charge on any atom is -0.388 e. The van der Waals surface area contributed by atoms with Gasteiger partial charge in [-0.15, -0.1) is 13.2 Å². The number of halogens is 5. The molecular formula is C7H5Br2F3N2O. The number of alkyl halides is 3. The van der Waals surface area contributed by atoms with E-state index in [-0.39, 0.29) is 12.2 Å². The number of pyridine rings is 1. The maximum absolute atomic E-state index is 11.9. The van der Waals surface area contributed by atoms with Crippen LogP contribution in [0.2, 0.25) is 0 Å². The van der Waals surface area contributed by atoms with Crippen molar-refractivity contribution in [1.82, 2.24) is 4.98 Å². The highest BCUT2D eigenvalue weighted by atomic mass is 79.9. The van der Waals surface area contributed by atoms with E-state index in [2.05, 4.69) is 41.6 Å². The molecule has 0 saturated carbocycles. The molecule has 8 heteroatoms. The maximum Gasteiger partial charge on any atom is 0.574 e. The normalized spacial score (nSPS) is 11.6. The number of aromatic nitrogens is 1. The molecule has 0 fully saturated rings. The SMILES string of the molecule is NCc1nc(OC(F)(F)F)cc(Br)c1Br. The average Bonchev–Trinajstić information content (AvgIpc) is 2.08. The Morgan fingerprint density at radius 2 is 2.00 bits per heavy atom. The van der Waals surface area contributed by atoms with Crippen LogP contribution in [0.25, 0.3) is 0 Å². The van der Waals surface area contributed by atoms with Crippen LogP contribution >= 0.6 is 31.9 Å². The predicted molar refractivity (Wildman–Crippen MR) is 54.2 cm³/mol. The second-order valence-corrected chi connectivity index (χ2v) is 4.10. The molecule has 1 rings (SSSR count). The summed E-state index contributed by atoms with van der Waals surface area (Å²) < 4.78 is 40.2. The van der Waals surface area contributed by atoms with Gasteiger partial charge < -0.3 is 10.5 Å². The third-order valence-electron chi connectivity index (χ3n) is 1.37. The largest absolute Gasteiger partial charge is 0.574 e. The van der Waals surface area contributed by atoms with Crippen molar-refractivity contribution in [3.63, 3.8) is 0 Å². The number of nitrogens with two attached hydrogens (primary N) is 1. The highest BCUT2D eigenvalue weighted by Crippen LogP contribution is 2.31. The molecule has 0 aromatic carbocycles. The lowest BCUT2D eigenvalue weighted by molar-refractivity contribution is -0.276. The molecule has 0 bridgehead atoms. The van der Waals surface area contributed by atoms with Gasteiger partial charge in [0.05, 0.1) is 10.2 Å². The van der Waals surface area contributed by atoms with Gasteiger partial charge in [0.1, 0.15) is 0 Å². The fourth-order valence-electron chi connectivity index (χ4n) is 0.830. The smallest absolute Gasteiger partial charge is 0.388 e. The molecule has 0 amide bonds. The molecule has 0 aliphatic heterocycles. The molecule has 0 unspecified atom stereocenters. The lowest BCUT2D eigenvalue weighted by atomic mass is 10.3. The Bertz CT molecular complexity index is 370. The molecule has 15 heavy (non-hydrogen) atoms. The Morgan fingerprint density at radius 3 is 2.47 bits per heavy atom.